The van der Waals surface area contributed by atoms with E-state index in [1.807, 2.05) is 17.0 Å². The summed E-state index contributed by atoms with van der Waals surface area (Å²) in [5.41, 5.74) is 1.56. The van der Waals surface area contributed by atoms with Crippen molar-refractivity contribution in [2.45, 2.75) is 25.7 Å². The number of piperazine rings is 1. The van der Waals surface area contributed by atoms with Gasteiger partial charge in [-0.05, 0) is 24.6 Å². The first kappa shape index (κ1) is 24.5. The Morgan fingerprint density at radius 2 is 1.75 bits per heavy atom. The molecule has 1 amide bonds. The van der Waals surface area contributed by atoms with Gasteiger partial charge < -0.3 is 15.5 Å². The highest BCUT2D eigenvalue weighted by Gasteiger charge is 2.41. The molecule has 1 atom stereocenters. The van der Waals surface area contributed by atoms with Crippen molar-refractivity contribution in [1.29, 1.82) is 0 Å². The lowest BCUT2D eigenvalue weighted by atomic mass is 10.1. The molecule has 2 rings (SSSR count). The fraction of sp³-hybridized carbons (Fsp3) is 0.556. The molecule has 0 spiro atoms. The Kier molecular flexibility index (Phi) is 9.48. The number of benzene rings is 1. The quantitative estimate of drug-likeness (QED) is 0.369. The van der Waals surface area contributed by atoms with Crippen molar-refractivity contribution in [2.24, 2.45) is 4.99 Å². The minimum Gasteiger partial charge on any atom is -0.355 e. The number of carbonyl (C=O) groups excluding carboxylic acids is 1. The second-order valence-electron chi connectivity index (χ2n) is 6.42. The third kappa shape index (κ3) is 6.50. The number of halogens is 4. The van der Waals surface area contributed by atoms with Crippen LogP contribution >= 0.6 is 24.0 Å². The average molecular weight is 513 g/mol. The zero-order chi connectivity index (χ0) is 20.0. The fourth-order valence-electron chi connectivity index (χ4n) is 2.96. The first-order valence-corrected chi connectivity index (χ1v) is 8.83. The van der Waals surface area contributed by atoms with Crippen LogP contribution in [0, 0.1) is 0 Å². The number of aliphatic imine (C=N–C) groups is 1. The first-order valence-electron chi connectivity index (χ1n) is 8.83. The van der Waals surface area contributed by atoms with Gasteiger partial charge >= 0.3 is 6.18 Å². The maximum absolute atomic E-state index is 12.8. The monoisotopic (exact) mass is 513 g/mol. The van der Waals surface area contributed by atoms with Gasteiger partial charge in [0.25, 0.3) is 5.91 Å². The van der Waals surface area contributed by atoms with Crippen LogP contribution in [0.15, 0.2) is 29.3 Å². The molecule has 0 aliphatic carbocycles. The topological polar surface area (TPSA) is 60.0 Å². The molecule has 10 heteroatoms. The van der Waals surface area contributed by atoms with Crippen LogP contribution in [0.3, 0.4) is 0 Å². The largest absolute Gasteiger partial charge is 0.403 e. The number of amides is 1. The Morgan fingerprint density at radius 1 is 1.18 bits per heavy atom. The zero-order valence-corrected chi connectivity index (χ0v) is 18.5. The van der Waals surface area contributed by atoms with E-state index < -0.39 is 12.2 Å². The van der Waals surface area contributed by atoms with Crippen LogP contribution in [0.4, 0.5) is 13.2 Å². The molecular formula is C18H27F3IN5O. The molecule has 1 saturated heterocycles. The Hall–Kier alpha value is -1.56. The zero-order valence-electron chi connectivity index (χ0n) is 16.2. The van der Waals surface area contributed by atoms with Gasteiger partial charge in [-0.1, -0.05) is 12.1 Å². The van der Waals surface area contributed by atoms with E-state index in [0.29, 0.717) is 44.2 Å². The summed E-state index contributed by atoms with van der Waals surface area (Å²) in [7, 11) is 3.23. The van der Waals surface area contributed by atoms with Gasteiger partial charge in [-0.3, -0.25) is 14.7 Å². The predicted octanol–water partition coefficient (Wildman–Crippen LogP) is 2.31. The Labute approximate surface area is 180 Å². The lowest BCUT2D eigenvalue weighted by Gasteiger charge is -2.39. The van der Waals surface area contributed by atoms with Crippen molar-refractivity contribution < 1.29 is 18.0 Å². The van der Waals surface area contributed by atoms with E-state index in [9.17, 15) is 18.0 Å². The Balaban J connectivity index is 0.00000392. The first-order chi connectivity index (χ1) is 12.8. The highest BCUT2D eigenvalue weighted by molar-refractivity contribution is 14.0. The van der Waals surface area contributed by atoms with E-state index in [1.54, 1.807) is 26.2 Å². The van der Waals surface area contributed by atoms with E-state index in [4.69, 9.17) is 0 Å². The third-order valence-electron chi connectivity index (χ3n) is 4.74. The molecule has 0 saturated carbocycles. The highest BCUT2D eigenvalue weighted by atomic mass is 127. The lowest BCUT2D eigenvalue weighted by Crippen LogP contribution is -2.56. The van der Waals surface area contributed by atoms with Crippen LogP contribution in [-0.2, 0) is 6.54 Å². The molecule has 0 radical (unpaired) electrons. The van der Waals surface area contributed by atoms with Crippen molar-refractivity contribution in [2.75, 3.05) is 40.3 Å². The molecule has 6 nitrogen and oxygen atoms in total. The summed E-state index contributed by atoms with van der Waals surface area (Å²) < 4.78 is 38.5. The van der Waals surface area contributed by atoms with E-state index in [1.165, 1.54) is 11.8 Å². The van der Waals surface area contributed by atoms with Crippen molar-refractivity contribution >= 4 is 35.8 Å². The van der Waals surface area contributed by atoms with Gasteiger partial charge in [0.15, 0.2) is 5.96 Å². The van der Waals surface area contributed by atoms with E-state index >= 15 is 0 Å². The summed E-state index contributed by atoms with van der Waals surface area (Å²) >= 11 is 0. The molecule has 1 aromatic carbocycles. The number of nitrogens with one attached hydrogen (secondary N) is 2. The highest BCUT2D eigenvalue weighted by Crippen LogP contribution is 2.25. The lowest BCUT2D eigenvalue weighted by molar-refractivity contribution is -0.181. The number of hydrogen-bond acceptors (Lipinski definition) is 3. The molecule has 2 N–H and O–H groups in total. The van der Waals surface area contributed by atoms with Crippen molar-refractivity contribution in [3.63, 3.8) is 0 Å². The van der Waals surface area contributed by atoms with Crippen LogP contribution in [0.5, 0.6) is 0 Å². The van der Waals surface area contributed by atoms with Crippen molar-refractivity contribution in [3.05, 3.63) is 35.4 Å². The summed E-state index contributed by atoms with van der Waals surface area (Å²) in [5.74, 6) is 0.515. The molecular weight excluding hydrogens is 486 g/mol. The van der Waals surface area contributed by atoms with Crippen LogP contribution < -0.4 is 10.6 Å². The number of carbonyl (C=O) groups is 1. The SMILES string of the molecule is CN=C(NCc1ccc(C(=O)NC)cc1)N1CCN(C(C)C(F)(F)F)CC1.I. The van der Waals surface area contributed by atoms with Crippen molar-refractivity contribution in [1.82, 2.24) is 20.4 Å². The number of alkyl halides is 3. The predicted molar refractivity (Wildman–Crippen MR) is 114 cm³/mol. The summed E-state index contributed by atoms with van der Waals surface area (Å²) in [6.45, 7) is 3.35. The number of guanidine groups is 1. The standard InChI is InChI=1S/C18H26F3N5O.HI/c1-13(18(19,20)21)25-8-10-26(11-9-25)17(23-3)24-12-14-4-6-15(7-5-14)16(27)22-2;/h4-7,13H,8-12H2,1-3H3,(H,22,27)(H,23,24);1H. The maximum Gasteiger partial charge on any atom is 0.403 e. The van der Waals surface area contributed by atoms with Crippen LogP contribution in [0.2, 0.25) is 0 Å². The van der Waals surface area contributed by atoms with Gasteiger partial charge in [-0.2, -0.15) is 13.2 Å². The molecule has 28 heavy (non-hydrogen) atoms. The van der Waals surface area contributed by atoms with E-state index in [0.717, 1.165) is 5.56 Å². The molecule has 1 fully saturated rings. The van der Waals surface area contributed by atoms with Gasteiger partial charge in [-0.15, -0.1) is 24.0 Å². The van der Waals surface area contributed by atoms with Gasteiger partial charge in [0, 0.05) is 52.4 Å². The smallest absolute Gasteiger partial charge is 0.355 e. The maximum atomic E-state index is 12.8. The van der Waals surface area contributed by atoms with Crippen LogP contribution in [-0.4, -0.2) is 74.2 Å². The normalized spacial score (nSPS) is 16.9. The second kappa shape index (κ2) is 10.8. The Bertz CT molecular complexity index is 658. The minimum atomic E-state index is -4.21. The summed E-state index contributed by atoms with van der Waals surface area (Å²) in [4.78, 5) is 19.2. The molecule has 1 unspecified atom stereocenters. The third-order valence-corrected chi connectivity index (χ3v) is 4.74. The van der Waals surface area contributed by atoms with Gasteiger partial charge in [0.2, 0.25) is 0 Å². The number of hydrogen-bond donors (Lipinski definition) is 2. The van der Waals surface area contributed by atoms with Gasteiger partial charge in [0.1, 0.15) is 6.04 Å². The molecule has 1 aliphatic heterocycles. The number of nitrogens with zero attached hydrogens (tertiary/aromatic N) is 3. The summed E-state index contributed by atoms with van der Waals surface area (Å²) in [6.07, 6.45) is -4.21. The Morgan fingerprint density at radius 3 is 2.21 bits per heavy atom. The van der Waals surface area contributed by atoms with Gasteiger partial charge in [-0.25, -0.2) is 0 Å². The van der Waals surface area contributed by atoms with Gasteiger partial charge in [0.05, 0.1) is 0 Å². The minimum absolute atomic E-state index is 0. The molecule has 1 aliphatic rings. The molecule has 0 aromatic heterocycles. The number of rotatable bonds is 4. The average Bonchev–Trinajstić information content (AvgIpc) is 2.67. The second-order valence-corrected chi connectivity index (χ2v) is 6.42. The molecule has 1 aromatic rings. The molecule has 1 heterocycles. The van der Waals surface area contributed by atoms with E-state index in [-0.39, 0.29) is 29.9 Å². The van der Waals surface area contributed by atoms with Crippen molar-refractivity contribution in [3.8, 4) is 0 Å². The molecule has 158 valence electrons. The van der Waals surface area contributed by atoms with Crippen LogP contribution in [0.25, 0.3) is 0 Å². The summed E-state index contributed by atoms with van der Waals surface area (Å²) in [5, 5.41) is 5.80. The van der Waals surface area contributed by atoms with Crippen LogP contribution in [0.1, 0.15) is 22.8 Å². The molecule has 0 bridgehead atoms. The summed E-state index contributed by atoms with van der Waals surface area (Å²) in [6, 6.07) is 5.77. The fourth-order valence-corrected chi connectivity index (χ4v) is 2.96. The van der Waals surface area contributed by atoms with E-state index in [2.05, 4.69) is 15.6 Å².